The van der Waals surface area contributed by atoms with Crippen LogP contribution in [0.15, 0.2) is 24.5 Å². The van der Waals surface area contributed by atoms with E-state index in [0.717, 1.165) is 13.1 Å². The quantitative estimate of drug-likeness (QED) is 0.851. The van der Waals surface area contributed by atoms with Crippen molar-refractivity contribution in [3.05, 3.63) is 41.7 Å². The number of nitrogens with zero attached hydrogens (tertiary/aromatic N) is 5. The summed E-state index contributed by atoms with van der Waals surface area (Å²) in [5.41, 5.74) is 1.39. The van der Waals surface area contributed by atoms with E-state index in [2.05, 4.69) is 36.8 Å². The van der Waals surface area contributed by atoms with E-state index < -0.39 is 0 Å². The lowest BCUT2D eigenvalue weighted by Crippen LogP contribution is -2.25. The third-order valence-corrected chi connectivity index (χ3v) is 5.45. The van der Waals surface area contributed by atoms with Crippen molar-refractivity contribution in [1.82, 2.24) is 24.6 Å². The molecule has 3 heterocycles. The summed E-state index contributed by atoms with van der Waals surface area (Å²) >= 11 is 0. The van der Waals surface area contributed by atoms with Crippen molar-refractivity contribution >= 4 is 0 Å². The van der Waals surface area contributed by atoms with Crippen molar-refractivity contribution in [2.75, 3.05) is 6.54 Å². The molecule has 0 bridgehead atoms. The number of pyridine rings is 1. The number of aromatic nitrogens is 4. The highest BCUT2D eigenvalue weighted by Crippen LogP contribution is 2.45. The zero-order valence-electron chi connectivity index (χ0n) is 13.4. The largest absolute Gasteiger partial charge is 0.311 e. The zero-order valence-corrected chi connectivity index (χ0v) is 13.4. The first kappa shape index (κ1) is 13.7. The molecule has 1 aliphatic heterocycles. The summed E-state index contributed by atoms with van der Waals surface area (Å²) in [5, 5.41) is 9.14. The Labute approximate surface area is 136 Å². The first-order valence-corrected chi connectivity index (χ1v) is 8.98. The molecule has 23 heavy (non-hydrogen) atoms. The molecule has 3 aliphatic rings. The van der Waals surface area contributed by atoms with Gasteiger partial charge in [0.2, 0.25) is 0 Å². The minimum atomic E-state index is 0.506. The maximum absolute atomic E-state index is 4.59. The van der Waals surface area contributed by atoms with Gasteiger partial charge in [0.15, 0.2) is 0 Å². The topological polar surface area (TPSA) is 46.8 Å². The second-order valence-corrected chi connectivity index (χ2v) is 7.26. The summed E-state index contributed by atoms with van der Waals surface area (Å²) in [7, 11) is 0. The van der Waals surface area contributed by atoms with E-state index in [1.165, 1.54) is 55.7 Å². The Balaban J connectivity index is 1.41. The number of likely N-dealkylation sites (tertiary alicyclic amines) is 1. The predicted octanol–water partition coefficient (Wildman–Crippen LogP) is 3.22. The van der Waals surface area contributed by atoms with Crippen LogP contribution in [-0.4, -0.2) is 31.2 Å². The van der Waals surface area contributed by atoms with Gasteiger partial charge in [-0.05, 0) is 62.8 Å². The molecule has 1 saturated heterocycles. The van der Waals surface area contributed by atoms with Gasteiger partial charge in [0.1, 0.15) is 11.6 Å². The molecule has 120 valence electrons. The minimum absolute atomic E-state index is 0.506. The van der Waals surface area contributed by atoms with Gasteiger partial charge in [-0.1, -0.05) is 0 Å². The first-order valence-electron chi connectivity index (χ1n) is 8.98. The van der Waals surface area contributed by atoms with Crippen LogP contribution in [0.1, 0.15) is 73.7 Å². The van der Waals surface area contributed by atoms with Gasteiger partial charge in [-0.3, -0.25) is 9.88 Å². The highest BCUT2D eigenvalue weighted by atomic mass is 15.3. The highest BCUT2D eigenvalue weighted by Gasteiger charge is 2.37. The van der Waals surface area contributed by atoms with Gasteiger partial charge in [0.25, 0.3) is 0 Å². The summed E-state index contributed by atoms with van der Waals surface area (Å²) in [4.78, 5) is 6.73. The second kappa shape index (κ2) is 5.41. The summed E-state index contributed by atoms with van der Waals surface area (Å²) < 4.78 is 2.49. The van der Waals surface area contributed by atoms with Gasteiger partial charge in [0.05, 0.1) is 6.54 Å². The average Bonchev–Trinajstić information content (AvgIpc) is 3.52. The summed E-state index contributed by atoms with van der Waals surface area (Å²) in [6.07, 6.45) is 11.5. The molecule has 0 amide bonds. The fourth-order valence-corrected chi connectivity index (χ4v) is 3.96. The van der Waals surface area contributed by atoms with Crippen LogP contribution in [0.2, 0.25) is 0 Å². The summed E-state index contributed by atoms with van der Waals surface area (Å²) in [6.45, 7) is 2.09. The van der Waals surface area contributed by atoms with Gasteiger partial charge in [0, 0.05) is 30.4 Å². The molecule has 0 N–H and O–H groups in total. The second-order valence-electron chi connectivity index (χ2n) is 7.26. The Bertz CT molecular complexity index is 687. The third kappa shape index (κ3) is 2.57. The van der Waals surface area contributed by atoms with E-state index in [-0.39, 0.29) is 0 Å². The van der Waals surface area contributed by atoms with Gasteiger partial charge in [-0.2, -0.15) is 0 Å². The highest BCUT2D eigenvalue weighted by molar-refractivity contribution is 5.17. The standard InChI is InChI=1S/C18H23N5/c1-2-16(13-7-9-19-10-8-13)22(11-1)12-17-20-21-18(14-3-4-14)23(17)15-5-6-15/h7-10,14-16H,1-6,11-12H2/t16-/m0/s1. The van der Waals surface area contributed by atoms with Gasteiger partial charge in [-0.25, -0.2) is 0 Å². The van der Waals surface area contributed by atoms with Gasteiger partial charge >= 0.3 is 0 Å². The molecule has 5 nitrogen and oxygen atoms in total. The molecular formula is C18H23N5. The van der Waals surface area contributed by atoms with E-state index in [1.54, 1.807) is 0 Å². The zero-order chi connectivity index (χ0) is 15.2. The maximum atomic E-state index is 4.59. The van der Waals surface area contributed by atoms with Crippen molar-refractivity contribution < 1.29 is 0 Å². The molecule has 2 aromatic heterocycles. The van der Waals surface area contributed by atoms with Crippen LogP contribution >= 0.6 is 0 Å². The van der Waals surface area contributed by atoms with Gasteiger partial charge in [-0.15, -0.1) is 10.2 Å². The normalized spacial score (nSPS) is 25.1. The lowest BCUT2D eigenvalue weighted by Gasteiger charge is -2.24. The lowest BCUT2D eigenvalue weighted by molar-refractivity contribution is 0.238. The number of hydrogen-bond acceptors (Lipinski definition) is 4. The lowest BCUT2D eigenvalue weighted by atomic mass is 10.1. The Kier molecular flexibility index (Phi) is 3.21. The Hall–Kier alpha value is -1.75. The molecule has 2 saturated carbocycles. The molecule has 0 spiro atoms. The minimum Gasteiger partial charge on any atom is -0.311 e. The monoisotopic (exact) mass is 309 g/mol. The molecule has 1 atom stereocenters. The molecule has 3 fully saturated rings. The molecule has 0 aromatic carbocycles. The van der Waals surface area contributed by atoms with E-state index in [4.69, 9.17) is 0 Å². The molecule has 0 radical (unpaired) electrons. The van der Waals surface area contributed by atoms with E-state index in [9.17, 15) is 0 Å². The van der Waals surface area contributed by atoms with E-state index in [1.807, 2.05) is 12.4 Å². The molecule has 5 rings (SSSR count). The fourth-order valence-electron chi connectivity index (χ4n) is 3.96. The molecule has 5 heteroatoms. The van der Waals surface area contributed by atoms with Crippen molar-refractivity contribution in [1.29, 1.82) is 0 Å². The summed E-state index contributed by atoms with van der Waals surface area (Å²) in [5.74, 6) is 3.14. The molecule has 2 aliphatic carbocycles. The van der Waals surface area contributed by atoms with Crippen molar-refractivity contribution in [3.63, 3.8) is 0 Å². The van der Waals surface area contributed by atoms with Crippen LogP contribution < -0.4 is 0 Å². The molecular weight excluding hydrogens is 286 g/mol. The number of hydrogen-bond donors (Lipinski definition) is 0. The van der Waals surface area contributed by atoms with Crippen LogP contribution in [0.25, 0.3) is 0 Å². The van der Waals surface area contributed by atoms with Crippen LogP contribution in [0.3, 0.4) is 0 Å². The SMILES string of the molecule is c1cc([C@@H]2CCCN2Cc2nnc(C3CC3)n2C2CC2)ccn1. The number of rotatable bonds is 5. The smallest absolute Gasteiger partial charge is 0.147 e. The van der Waals surface area contributed by atoms with Crippen molar-refractivity contribution in [2.45, 2.75) is 63.1 Å². The van der Waals surface area contributed by atoms with Crippen LogP contribution in [0.5, 0.6) is 0 Å². The van der Waals surface area contributed by atoms with Crippen LogP contribution in [0, 0.1) is 0 Å². The van der Waals surface area contributed by atoms with Gasteiger partial charge < -0.3 is 4.57 Å². The summed E-state index contributed by atoms with van der Waals surface area (Å²) in [6, 6.07) is 5.50. The van der Waals surface area contributed by atoms with E-state index >= 15 is 0 Å². The predicted molar refractivity (Wildman–Crippen MR) is 86.9 cm³/mol. The Morgan fingerprint density at radius 2 is 1.83 bits per heavy atom. The van der Waals surface area contributed by atoms with Crippen LogP contribution in [0.4, 0.5) is 0 Å². The van der Waals surface area contributed by atoms with E-state index in [0.29, 0.717) is 18.0 Å². The molecule has 2 aromatic rings. The van der Waals surface area contributed by atoms with Crippen molar-refractivity contribution in [2.24, 2.45) is 0 Å². The maximum Gasteiger partial charge on any atom is 0.147 e. The first-order chi connectivity index (χ1) is 11.4. The fraction of sp³-hybridized carbons (Fsp3) is 0.611. The van der Waals surface area contributed by atoms with Crippen molar-refractivity contribution in [3.8, 4) is 0 Å². The Morgan fingerprint density at radius 3 is 2.57 bits per heavy atom. The Morgan fingerprint density at radius 1 is 1.00 bits per heavy atom. The average molecular weight is 309 g/mol. The third-order valence-electron chi connectivity index (χ3n) is 5.45. The molecule has 0 unspecified atom stereocenters. The van der Waals surface area contributed by atoms with Crippen LogP contribution in [-0.2, 0) is 6.54 Å².